The minimum absolute atomic E-state index is 0. The van der Waals surface area contributed by atoms with Gasteiger partial charge in [0.25, 0.3) is 0 Å². The van der Waals surface area contributed by atoms with Gasteiger partial charge in [0, 0.05) is 37.0 Å². The predicted octanol–water partition coefficient (Wildman–Crippen LogP) is 3.16. The Kier molecular flexibility index (Phi) is 5.82. The second-order valence-electron chi connectivity index (χ2n) is 6.93. The van der Waals surface area contributed by atoms with Gasteiger partial charge in [-0.25, -0.2) is 13.8 Å². The minimum atomic E-state index is -0.434. The molecule has 4 atom stereocenters. The lowest BCUT2D eigenvalue weighted by Gasteiger charge is -2.23. The standard InChI is InChI=1S/C18H23F2N3O.HI/c1-2-21-18(22-8-11-7-12(19)3-4-15(11)20)23-9-13-14(10-23)17-6-5-16(13)24-17;/h3-4,7,13-14,16-17H,2,5-6,8-10H2,1H3,(H,21,22);1H. The minimum Gasteiger partial charge on any atom is -0.374 e. The third kappa shape index (κ3) is 3.63. The number of ether oxygens (including phenoxy) is 1. The van der Waals surface area contributed by atoms with Crippen LogP contribution in [0.15, 0.2) is 23.2 Å². The van der Waals surface area contributed by atoms with Crippen molar-refractivity contribution in [3.8, 4) is 0 Å². The highest BCUT2D eigenvalue weighted by molar-refractivity contribution is 14.0. The maximum absolute atomic E-state index is 13.8. The number of nitrogens with one attached hydrogen (secondary N) is 1. The van der Waals surface area contributed by atoms with Gasteiger partial charge < -0.3 is 15.0 Å². The van der Waals surface area contributed by atoms with E-state index < -0.39 is 11.6 Å². The van der Waals surface area contributed by atoms with Crippen LogP contribution >= 0.6 is 24.0 Å². The fourth-order valence-electron chi connectivity index (χ4n) is 4.38. The highest BCUT2D eigenvalue weighted by atomic mass is 127. The van der Waals surface area contributed by atoms with Crippen LogP contribution in [0, 0.1) is 23.5 Å². The van der Waals surface area contributed by atoms with E-state index in [9.17, 15) is 8.78 Å². The Balaban J connectivity index is 0.00000182. The molecular formula is C18H24F2IN3O. The molecule has 7 heteroatoms. The first-order valence-corrected chi connectivity index (χ1v) is 8.78. The maximum Gasteiger partial charge on any atom is 0.194 e. The predicted molar refractivity (Wildman–Crippen MR) is 103 cm³/mol. The quantitative estimate of drug-likeness (QED) is 0.425. The van der Waals surface area contributed by atoms with Gasteiger partial charge in [-0.1, -0.05) is 0 Å². The van der Waals surface area contributed by atoms with Crippen LogP contribution in [0.1, 0.15) is 25.3 Å². The summed E-state index contributed by atoms with van der Waals surface area (Å²) in [5.41, 5.74) is 0.285. The lowest BCUT2D eigenvalue weighted by atomic mass is 9.82. The molecule has 1 N–H and O–H groups in total. The van der Waals surface area contributed by atoms with Gasteiger partial charge in [0.15, 0.2) is 5.96 Å². The molecule has 3 heterocycles. The molecule has 25 heavy (non-hydrogen) atoms. The van der Waals surface area contributed by atoms with Crippen molar-refractivity contribution in [3.05, 3.63) is 35.4 Å². The summed E-state index contributed by atoms with van der Waals surface area (Å²) in [6.07, 6.45) is 3.13. The van der Waals surface area contributed by atoms with Crippen LogP contribution in [0.4, 0.5) is 8.78 Å². The maximum atomic E-state index is 13.8. The van der Waals surface area contributed by atoms with Crippen molar-refractivity contribution in [3.63, 3.8) is 0 Å². The Hall–Kier alpha value is -0.960. The first-order valence-electron chi connectivity index (χ1n) is 8.78. The molecule has 3 aliphatic rings. The van der Waals surface area contributed by atoms with Gasteiger partial charge in [0.05, 0.1) is 18.8 Å². The van der Waals surface area contributed by atoms with E-state index >= 15 is 0 Å². The van der Waals surface area contributed by atoms with Crippen LogP contribution in [-0.4, -0.2) is 42.7 Å². The molecule has 0 aliphatic carbocycles. The van der Waals surface area contributed by atoms with Gasteiger partial charge in [-0.3, -0.25) is 0 Å². The van der Waals surface area contributed by atoms with Gasteiger partial charge in [-0.05, 0) is 38.0 Å². The monoisotopic (exact) mass is 463 g/mol. The number of likely N-dealkylation sites (tertiary alicyclic amines) is 1. The Morgan fingerprint density at radius 1 is 1.24 bits per heavy atom. The van der Waals surface area contributed by atoms with Crippen LogP contribution in [0.5, 0.6) is 0 Å². The number of benzene rings is 1. The molecule has 0 aromatic heterocycles. The third-order valence-electron chi connectivity index (χ3n) is 5.49. The topological polar surface area (TPSA) is 36.9 Å². The first-order chi connectivity index (χ1) is 11.7. The van der Waals surface area contributed by atoms with E-state index in [0.29, 0.717) is 24.0 Å². The fourth-order valence-corrected chi connectivity index (χ4v) is 4.38. The second kappa shape index (κ2) is 7.73. The van der Waals surface area contributed by atoms with Crippen LogP contribution in [0.25, 0.3) is 0 Å². The van der Waals surface area contributed by atoms with Crippen molar-refractivity contribution in [2.75, 3.05) is 19.6 Å². The van der Waals surface area contributed by atoms with E-state index in [1.165, 1.54) is 18.9 Å². The van der Waals surface area contributed by atoms with Crippen molar-refractivity contribution in [2.24, 2.45) is 16.8 Å². The van der Waals surface area contributed by atoms with E-state index in [4.69, 9.17) is 4.74 Å². The summed E-state index contributed by atoms with van der Waals surface area (Å²) < 4.78 is 33.1. The normalized spacial score (nSPS) is 30.4. The molecule has 138 valence electrons. The van der Waals surface area contributed by atoms with Crippen molar-refractivity contribution in [1.29, 1.82) is 0 Å². The smallest absolute Gasteiger partial charge is 0.194 e. The molecular weight excluding hydrogens is 439 g/mol. The zero-order valence-electron chi connectivity index (χ0n) is 14.3. The number of aliphatic imine (C=N–C) groups is 1. The van der Waals surface area contributed by atoms with Crippen LogP contribution in [-0.2, 0) is 11.3 Å². The zero-order valence-corrected chi connectivity index (χ0v) is 16.6. The molecule has 0 saturated carbocycles. The van der Waals surface area contributed by atoms with Crippen LogP contribution in [0.3, 0.4) is 0 Å². The summed E-state index contributed by atoms with van der Waals surface area (Å²) in [4.78, 5) is 6.80. The molecule has 3 fully saturated rings. The summed E-state index contributed by atoms with van der Waals surface area (Å²) in [6.45, 7) is 4.77. The van der Waals surface area contributed by atoms with E-state index in [-0.39, 0.29) is 36.1 Å². The highest BCUT2D eigenvalue weighted by Crippen LogP contribution is 2.47. The van der Waals surface area contributed by atoms with Gasteiger partial charge in [-0.15, -0.1) is 24.0 Å². The van der Waals surface area contributed by atoms with Gasteiger partial charge >= 0.3 is 0 Å². The van der Waals surface area contributed by atoms with Crippen molar-refractivity contribution < 1.29 is 13.5 Å². The van der Waals surface area contributed by atoms with E-state index in [2.05, 4.69) is 15.2 Å². The number of hydrogen-bond donors (Lipinski definition) is 1. The molecule has 4 unspecified atom stereocenters. The molecule has 3 saturated heterocycles. The number of fused-ring (bicyclic) bond motifs is 5. The summed E-state index contributed by atoms with van der Waals surface area (Å²) in [7, 11) is 0. The molecule has 0 spiro atoms. The van der Waals surface area contributed by atoms with E-state index in [0.717, 1.165) is 37.7 Å². The van der Waals surface area contributed by atoms with Crippen LogP contribution in [0.2, 0.25) is 0 Å². The first kappa shape index (κ1) is 18.8. The Bertz CT molecular complexity index is 639. The Morgan fingerprint density at radius 2 is 1.92 bits per heavy atom. The molecule has 0 amide bonds. The van der Waals surface area contributed by atoms with Gasteiger partial charge in [0.1, 0.15) is 11.6 Å². The van der Waals surface area contributed by atoms with E-state index in [1.807, 2.05) is 6.92 Å². The van der Waals surface area contributed by atoms with E-state index in [1.54, 1.807) is 0 Å². The number of guanidine groups is 1. The average molecular weight is 463 g/mol. The highest BCUT2D eigenvalue weighted by Gasteiger charge is 2.53. The molecule has 3 aliphatic heterocycles. The molecule has 0 radical (unpaired) electrons. The number of rotatable bonds is 3. The summed E-state index contributed by atoms with van der Waals surface area (Å²) in [5, 5.41) is 3.29. The van der Waals surface area contributed by atoms with Gasteiger partial charge in [0.2, 0.25) is 0 Å². The molecule has 1 aromatic rings. The number of hydrogen-bond acceptors (Lipinski definition) is 2. The zero-order chi connectivity index (χ0) is 16.7. The fraction of sp³-hybridized carbons (Fsp3) is 0.611. The molecule has 4 nitrogen and oxygen atoms in total. The van der Waals surface area contributed by atoms with Crippen molar-refractivity contribution >= 4 is 29.9 Å². The van der Waals surface area contributed by atoms with Gasteiger partial charge in [-0.2, -0.15) is 0 Å². The summed E-state index contributed by atoms with van der Waals surface area (Å²) in [5.74, 6) is 1.10. The SMILES string of the molecule is CCNC(=NCc1cc(F)ccc1F)N1CC2C3CCC(O3)C2C1.I. The molecule has 4 rings (SSSR count). The lowest BCUT2D eigenvalue weighted by Crippen LogP contribution is -2.41. The largest absolute Gasteiger partial charge is 0.374 e. The second-order valence-corrected chi connectivity index (χ2v) is 6.93. The van der Waals surface area contributed by atoms with Crippen molar-refractivity contribution in [1.82, 2.24) is 10.2 Å². The number of nitrogens with zero attached hydrogens (tertiary/aromatic N) is 2. The average Bonchev–Trinajstić information content (AvgIpc) is 3.26. The Labute approximate surface area is 164 Å². The molecule has 2 bridgehead atoms. The summed E-state index contributed by atoms with van der Waals surface area (Å²) in [6, 6.07) is 3.50. The summed E-state index contributed by atoms with van der Waals surface area (Å²) >= 11 is 0. The van der Waals surface area contributed by atoms with Crippen LogP contribution < -0.4 is 5.32 Å². The van der Waals surface area contributed by atoms with Crippen molar-refractivity contribution in [2.45, 2.75) is 38.5 Å². The third-order valence-corrected chi connectivity index (χ3v) is 5.49. The molecule has 1 aromatic carbocycles. The lowest BCUT2D eigenvalue weighted by molar-refractivity contribution is 0.0767. The number of halogens is 3. The Morgan fingerprint density at radius 3 is 2.56 bits per heavy atom.